The molecule has 0 atom stereocenters. The van der Waals surface area contributed by atoms with Crippen molar-refractivity contribution in [2.45, 2.75) is 20.0 Å². The van der Waals surface area contributed by atoms with Gasteiger partial charge in [0, 0.05) is 11.6 Å². The number of carboxylic acid groups (broad SMARTS) is 1. The maximum atomic E-state index is 12.0. The van der Waals surface area contributed by atoms with Gasteiger partial charge in [-0.2, -0.15) is 5.10 Å². The number of H-pyrrole nitrogens is 1. The minimum Gasteiger partial charge on any atom is -0.491 e. The monoisotopic (exact) mass is 289 g/mol. The fraction of sp³-hybridized carbons (Fsp3) is 0.214. The van der Waals surface area contributed by atoms with E-state index in [-0.39, 0.29) is 23.5 Å². The molecule has 0 aliphatic rings. The number of anilines is 1. The number of ether oxygens (including phenoxy) is 1. The second-order valence-corrected chi connectivity index (χ2v) is 4.62. The molecule has 1 amide bonds. The van der Waals surface area contributed by atoms with Crippen LogP contribution in [0.2, 0.25) is 0 Å². The minimum absolute atomic E-state index is 0.0585. The summed E-state index contributed by atoms with van der Waals surface area (Å²) in [5, 5.41) is 17.3. The molecule has 1 aromatic carbocycles. The lowest BCUT2D eigenvalue weighted by atomic mass is 10.2. The van der Waals surface area contributed by atoms with Crippen molar-refractivity contribution in [3.8, 4) is 5.75 Å². The summed E-state index contributed by atoms with van der Waals surface area (Å²) in [4.78, 5) is 22.7. The van der Waals surface area contributed by atoms with Gasteiger partial charge in [-0.05, 0) is 38.1 Å². The molecule has 0 saturated carbocycles. The molecule has 0 aliphatic heterocycles. The summed E-state index contributed by atoms with van der Waals surface area (Å²) in [5.41, 5.74) is 0.331. The lowest BCUT2D eigenvalue weighted by Gasteiger charge is -2.09. The van der Waals surface area contributed by atoms with Gasteiger partial charge >= 0.3 is 5.97 Å². The van der Waals surface area contributed by atoms with E-state index in [9.17, 15) is 9.59 Å². The fourth-order valence-electron chi connectivity index (χ4n) is 1.64. The molecule has 1 aromatic heterocycles. The summed E-state index contributed by atoms with van der Waals surface area (Å²) in [6.45, 7) is 3.83. The Morgan fingerprint density at radius 2 is 1.95 bits per heavy atom. The van der Waals surface area contributed by atoms with Crippen LogP contribution in [0.5, 0.6) is 5.75 Å². The van der Waals surface area contributed by atoms with Crippen LogP contribution in [0.4, 0.5) is 5.82 Å². The Bertz CT molecular complexity index is 646. The van der Waals surface area contributed by atoms with Crippen molar-refractivity contribution >= 4 is 17.7 Å². The van der Waals surface area contributed by atoms with Crippen LogP contribution in [-0.4, -0.2) is 33.3 Å². The second kappa shape index (κ2) is 6.08. The maximum Gasteiger partial charge on any atom is 0.353 e. The number of amides is 1. The molecular weight excluding hydrogens is 274 g/mol. The minimum atomic E-state index is -1.14. The summed E-state index contributed by atoms with van der Waals surface area (Å²) >= 11 is 0. The normalized spacial score (nSPS) is 10.4. The first-order valence-corrected chi connectivity index (χ1v) is 6.32. The highest BCUT2D eigenvalue weighted by molar-refractivity contribution is 6.04. The molecule has 0 bridgehead atoms. The molecule has 0 fully saturated rings. The van der Waals surface area contributed by atoms with Crippen LogP contribution in [0, 0.1) is 0 Å². The molecule has 0 aliphatic carbocycles. The zero-order chi connectivity index (χ0) is 15.4. The van der Waals surface area contributed by atoms with Crippen LogP contribution >= 0.6 is 0 Å². The number of benzene rings is 1. The number of hydrogen-bond acceptors (Lipinski definition) is 4. The number of nitrogens with zero attached hydrogens (tertiary/aromatic N) is 1. The molecule has 7 heteroatoms. The molecule has 3 N–H and O–H groups in total. The van der Waals surface area contributed by atoms with E-state index in [1.165, 1.54) is 6.07 Å². The highest BCUT2D eigenvalue weighted by atomic mass is 16.5. The Morgan fingerprint density at radius 3 is 2.48 bits per heavy atom. The molecule has 7 nitrogen and oxygen atoms in total. The Kier molecular flexibility index (Phi) is 4.22. The van der Waals surface area contributed by atoms with Gasteiger partial charge in [-0.3, -0.25) is 9.89 Å². The molecule has 2 rings (SSSR count). The topological polar surface area (TPSA) is 104 Å². The van der Waals surface area contributed by atoms with Crippen molar-refractivity contribution in [1.29, 1.82) is 0 Å². The van der Waals surface area contributed by atoms with E-state index < -0.39 is 5.97 Å². The van der Waals surface area contributed by atoms with Gasteiger partial charge in [0.2, 0.25) is 0 Å². The largest absolute Gasteiger partial charge is 0.491 e. The van der Waals surface area contributed by atoms with Crippen LogP contribution in [0.25, 0.3) is 0 Å². The Balaban J connectivity index is 2.04. The predicted molar refractivity (Wildman–Crippen MR) is 75.7 cm³/mol. The summed E-state index contributed by atoms with van der Waals surface area (Å²) in [6.07, 6.45) is 0.0585. The summed E-state index contributed by atoms with van der Waals surface area (Å²) in [6, 6.07) is 7.89. The predicted octanol–water partition coefficient (Wildman–Crippen LogP) is 2.15. The average molecular weight is 289 g/mol. The van der Waals surface area contributed by atoms with E-state index in [1.54, 1.807) is 24.3 Å². The summed E-state index contributed by atoms with van der Waals surface area (Å²) in [7, 11) is 0. The quantitative estimate of drug-likeness (QED) is 0.782. The van der Waals surface area contributed by atoms with Crippen LogP contribution in [0.15, 0.2) is 30.3 Å². The highest BCUT2D eigenvalue weighted by Gasteiger charge is 2.11. The molecule has 21 heavy (non-hydrogen) atoms. The van der Waals surface area contributed by atoms with Crippen LogP contribution < -0.4 is 10.1 Å². The van der Waals surface area contributed by atoms with Gasteiger partial charge < -0.3 is 15.2 Å². The third-order valence-electron chi connectivity index (χ3n) is 2.54. The number of carbonyl (C=O) groups is 2. The van der Waals surface area contributed by atoms with E-state index in [0.717, 1.165) is 0 Å². The SMILES string of the molecule is CC(C)Oc1ccc(C(=O)Nc2cc(C(=O)O)[nH]n2)cc1. The molecule has 2 aromatic rings. The highest BCUT2D eigenvalue weighted by Crippen LogP contribution is 2.15. The van der Waals surface area contributed by atoms with Crippen LogP contribution in [-0.2, 0) is 0 Å². The third kappa shape index (κ3) is 3.82. The Morgan fingerprint density at radius 1 is 1.29 bits per heavy atom. The molecule has 0 unspecified atom stereocenters. The fourth-order valence-corrected chi connectivity index (χ4v) is 1.64. The van der Waals surface area contributed by atoms with Crippen molar-refractivity contribution < 1.29 is 19.4 Å². The van der Waals surface area contributed by atoms with Crippen LogP contribution in [0.3, 0.4) is 0 Å². The van der Waals surface area contributed by atoms with E-state index in [0.29, 0.717) is 11.3 Å². The van der Waals surface area contributed by atoms with Crippen molar-refractivity contribution in [3.63, 3.8) is 0 Å². The van der Waals surface area contributed by atoms with E-state index in [4.69, 9.17) is 9.84 Å². The number of rotatable bonds is 5. The number of nitrogens with one attached hydrogen (secondary N) is 2. The molecule has 110 valence electrons. The third-order valence-corrected chi connectivity index (χ3v) is 2.54. The number of carboxylic acids is 1. The van der Waals surface area contributed by atoms with Gasteiger partial charge in [0.15, 0.2) is 5.82 Å². The average Bonchev–Trinajstić information content (AvgIpc) is 2.87. The first kappa shape index (κ1) is 14.6. The smallest absolute Gasteiger partial charge is 0.353 e. The lowest BCUT2D eigenvalue weighted by molar-refractivity contribution is 0.0690. The van der Waals surface area contributed by atoms with E-state index in [2.05, 4.69) is 15.5 Å². The van der Waals surface area contributed by atoms with Crippen LogP contribution in [0.1, 0.15) is 34.7 Å². The van der Waals surface area contributed by atoms with Gasteiger partial charge in [-0.15, -0.1) is 0 Å². The second-order valence-electron chi connectivity index (χ2n) is 4.62. The number of aromatic nitrogens is 2. The van der Waals surface area contributed by atoms with Crippen molar-refractivity contribution in [2.24, 2.45) is 0 Å². The maximum absolute atomic E-state index is 12.0. The number of aromatic amines is 1. The zero-order valence-electron chi connectivity index (χ0n) is 11.6. The van der Waals surface area contributed by atoms with Gasteiger partial charge in [0.25, 0.3) is 5.91 Å². The van der Waals surface area contributed by atoms with Gasteiger partial charge in [-0.25, -0.2) is 4.79 Å². The first-order valence-electron chi connectivity index (χ1n) is 6.32. The van der Waals surface area contributed by atoms with Crippen molar-refractivity contribution in [3.05, 3.63) is 41.6 Å². The molecule has 0 spiro atoms. The van der Waals surface area contributed by atoms with E-state index >= 15 is 0 Å². The standard InChI is InChI=1S/C14H15N3O4/c1-8(2)21-10-5-3-9(4-6-10)13(18)15-12-7-11(14(19)20)16-17-12/h3-8H,1-2H3,(H,19,20)(H2,15,16,17,18). The summed E-state index contributed by atoms with van der Waals surface area (Å²) in [5.74, 6) is -0.692. The molecule has 0 saturated heterocycles. The number of carbonyl (C=O) groups excluding carboxylic acids is 1. The number of hydrogen-bond donors (Lipinski definition) is 3. The van der Waals surface area contributed by atoms with Crippen molar-refractivity contribution in [1.82, 2.24) is 10.2 Å². The first-order chi connectivity index (χ1) is 9.95. The number of aromatic carboxylic acids is 1. The zero-order valence-corrected chi connectivity index (χ0v) is 11.6. The Hall–Kier alpha value is -2.83. The lowest BCUT2D eigenvalue weighted by Crippen LogP contribution is -2.12. The van der Waals surface area contributed by atoms with Gasteiger partial charge in [-0.1, -0.05) is 0 Å². The van der Waals surface area contributed by atoms with Gasteiger partial charge in [0.05, 0.1) is 6.10 Å². The molecular formula is C14H15N3O4. The van der Waals surface area contributed by atoms with E-state index in [1.807, 2.05) is 13.8 Å². The molecule has 0 radical (unpaired) electrons. The van der Waals surface area contributed by atoms with Gasteiger partial charge in [0.1, 0.15) is 11.4 Å². The summed E-state index contributed by atoms with van der Waals surface area (Å²) < 4.78 is 5.48. The van der Waals surface area contributed by atoms with Crippen molar-refractivity contribution in [2.75, 3.05) is 5.32 Å². The Labute approximate surface area is 120 Å². The molecule has 1 heterocycles.